The lowest BCUT2D eigenvalue weighted by molar-refractivity contribution is -0.122. The average Bonchev–Trinajstić information content (AvgIpc) is 3.03. The van der Waals surface area contributed by atoms with Gasteiger partial charge in [0.1, 0.15) is 4.83 Å². The number of carbonyl (C=O) groups is 1. The van der Waals surface area contributed by atoms with Crippen molar-refractivity contribution < 1.29 is 9.90 Å². The maximum absolute atomic E-state index is 13.0. The van der Waals surface area contributed by atoms with Crippen LogP contribution in [0.15, 0.2) is 41.5 Å². The molecule has 0 bridgehead atoms. The number of nitrogens with zero attached hydrogens (tertiary/aromatic N) is 2. The Morgan fingerprint density at radius 2 is 2.07 bits per heavy atom. The summed E-state index contributed by atoms with van der Waals surface area (Å²) < 4.78 is 1.49. The van der Waals surface area contributed by atoms with Crippen LogP contribution in [0.2, 0.25) is 0 Å². The van der Waals surface area contributed by atoms with Gasteiger partial charge in [-0.2, -0.15) is 0 Å². The van der Waals surface area contributed by atoms with Crippen molar-refractivity contribution in [3.05, 3.63) is 51.9 Å². The Labute approximate surface area is 161 Å². The molecule has 0 aliphatic carbocycles. The summed E-state index contributed by atoms with van der Waals surface area (Å²) in [6.45, 7) is 4.04. The maximum atomic E-state index is 13.0. The summed E-state index contributed by atoms with van der Waals surface area (Å²) in [7, 11) is 0. The van der Waals surface area contributed by atoms with Crippen LogP contribution in [0.1, 0.15) is 24.6 Å². The van der Waals surface area contributed by atoms with E-state index in [-0.39, 0.29) is 37.1 Å². The fourth-order valence-corrected chi connectivity index (χ4v) is 4.05. The minimum Gasteiger partial charge on any atom is -0.394 e. The monoisotopic (exact) mass is 385 g/mol. The maximum Gasteiger partial charge on any atom is 0.262 e. The van der Waals surface area contributed by atoms with E-state index in [4.69, 9.17) is 0 Å². The van der Waals surface area contributed by atoms with E-state index >= 15 is 0 Å². The van der Waals surface area contributed by atoms with E-state index in [1.807, 2.05) is 44.2 Å². The Kier molecular flexibility index (Phi) is 6.03. The molecule has 3 aromatic rings. The number of aryl methyl sites for hydroxylation is 2. The predicted octanol–water partition coefficient (Wildman–Crippen LogP) is 2.71. The Hall–Kier alpha value is -2.51. The van der Waals surface area contributed by atoms with Gasteiger partial charge in [0.15, 0.2) is 0 Å². The van der Waals surface area contributed by atoms with E-state index in [0.717, 1.165) is 16.0 Å². The van der Waals surface area contributed by atoms with Crippen molar-refractivity contribution >= 4 is 27.5 Å². The van der Waals surface area contributed by atoms with Gasteiger partial charge in [0.05, 0.1) is 24.4 Å². The molecule has 2 N–H and O–H groups in total. The van der Waals surface area contributed by atoms with Gasteiger partial charge in [-0.25, -0.2) is 4.98 Å². The van der Waals surface area contributed by atoms with Crippen LogP contribution in [0.3, 0.4) is 0 Å². The molecular formula is C20H23N3O3S. The van der Waals surface area contributed by atoms with Gasteiger partial charge in [-0.3, -0.25) is 14.2 Å². The normalized spacial score (nSPS) is 12.3. The topological polar surface area (TPSA) is 84.2 Å². The fraction of sp³-hybridized carbons (Fsp3) is 0.350. The summed E-state index contributed by atoms with van der Waals surface area (Å²) in [6.07, 6.45) is 2.32. The molecule has 0 spiro atoms. The number of hydrogen-bond acceptors (Lipinski definition) is 5. The molecule has 0 radical (unpaired) electrons. The van der Waals surface area contributed by atoms with Crippen LogP contribution >= 0.6 is 11.3 Å². The molecule has 0 saturated heterocycles. The number of benzene rings is 1. The van der Waals surface area contributed by atoms with Gasteiger partial charge < -0.3 is 10.4 Å². The molecule has 0 fully saturated rings. The predicted molar refractivity (Wildman–Crippen MR) is 108 cm³/mol. The van der Waals surface area contributed by atoms with Crippen LogP contribution in [0, 0.1) is 6.92 Å². The van der Waals surface area contributed by atoms with Gasteiger partial charge in [-0.05, 0) is 18.9 Å². The van der Waals surface area contributed by atoms with Crippen molar-refractivity contribution in [3.63, 3.8) is 0 Å². The molecule has 142 valence electrons. The number of thiophene rings is 1. The SMILES string of the molecule is CCC(CO)NC(=O)CCn1cnc2sc(C)c(-c3ccccc3)c2c1=O. The Bertz CT molecular complexity index is 991. The highest BCUT2D eigenvalue weighted by Crippen LogP contribution is 2.35. The minimum absolute atomic E-state index is 0.0929. The van der Waals surface area contributed by atoms with Crippen molar-refractivity contribution in [3.8, 4) is 11.1 Å². The molecule has 2 aromatic heterocycles. The summed E-state index contributed by atoms with van der Waals surface area (Å²) in [5.74, 6) is -0.187. The first kappa shape index (κ1) is 19.3. The van der Waals surface area contributed by atoms with Crippen molar-refractivity contribution in [2.24, 2.45) is 0 Å². The number of aromatic nitrogens is 2. The third-order valence-electron chi connectivity index (χ3n) is 4.58. The molecule has 7 heteroatoms. The van der Waals surface area contributed by atoms with Crippen LogP contribution in [-0.4, -0.2) is 33.2 Å². The van der Waals surface area contributed by atoms with Crippen LogP contribution < -0.4 is 10.9 Å². The first-order valence-corrected chi connectivity index (χ1v) is 9.81. The molecule has 3 rings (SSSR count). The summed E-state index contributed by atoms with van der Waals surface area (Å²) in [5, 5.41) is 12.6. The fourth-order valence-electron chi connectivity index (χ4n) is 3.05. The number of hydrogen-bond donors (Lipinski definition) is 2. The summed E-state index contributed by atoms with van der Waals surface area (Å²) in [4.78, 5) is 31.3. The summed E-state index contributed by atoms with van der Waals surface area (Å²) in [5.41, 5.74) is 1.77. The molecule has 1 unspecified atom stereocenters. The molecule has 1 amide bonds. The quantitative estimate of drug-likeness (QED) is 0.655. The van der Waals surface area contributed by atoms with E-state index in [1.54, 1.807) is 0 Å². The zero-order valence-corrected chi connectivity index (χ0v) is 16.3. The number of rotatable bonds is 7. The Morgan fingerprint density at radius 3 is 2.74 bits per heavy atom. The third-order valence-corrected chi connectivity index (χ3v) is 5.59. The van der Waals surface area contributed by atoms with Crippen LogP contribution in [0.4, 0.5) is 0 Å². The van der Waals surface area contributed by atoms with Gasteiger partial charge >= 0.3 is 0 Å². The Balaban J connectivity index is 1.89. The number of amides is 1. The Morgan fingerprint density at radius 1 is 1.33 bits per heavy atom. The first-order valence-electron chi connectivity index (χ1n) is 8.99. The lowest BCUT2D eigenvalue weighted by Crippen LogP contribution is -2.37. The molecule has 0 aliphatic rings. The van der Waals surface area contributed by atoms with Gasteiger partial charge in [0.2, 0.25) is 5.91 Å². The minimum atomic E-state index is -0.251. The van der Waals surface area contributed by atoms with Gasteiger partial charge in [-0.15, -0.1) is 11.3 Å². The van der Waals surface area contributed by atoms with E-state index in [0.29, 0.717) is 16.6 Å². The van der Waals surface area contributed by atoms with Crippen LogP contribution in [0.5, 0.6) is 0 Å². The van der Waals surface area contributed by atoms with E-state index in [2.05, 4.69) is 10.3 Å². The molecule has 0 aliphatic heterocycles. The zero-order valence-electron chi connectivity index (χ0n) is 15.4. The number of carbonyl (C=O) groups excluding carboxylic acids is 1. The lowest BCUT2D eigenvalue weighted by Gasteiger charge is -2.14. The van der Waals surface area contributed by atoms with Crippen molar-refractivity contribution in [1.29, 1.82) is 0 Å². The highest BCUT2D eigenvalue weighted by molar-refractivity contribution is 7.19. The standard InChI is InChI=1S/C20H23N3O3S/c1-3-15(11-24)22-16(25)9-10-23-12-21-19-18(20(23)26)17(13(2)27-19)14-7-5-4-6-8-14/h4-8,12,15,24H,3,9-11H2,1-2H3,(H,22,25). The zero-order chi connectivity index (χ0) is 19.4. The lowest BCUT2D eigenvalue weighted by atomic mass is 10.0. The van der Waals surface area contributed by atoms with Crippen molar-refractivity contribution in [1.82, 2.24) is 14.9 Å². The molecule has 1 aromatic carbocycles. The van der Waals surface area contributed by atoms with Gasteiger partial charge in [0.25, 0.3) is 5.56 Å². The highest BCUT2D eigenvalue weighted by Gasteiger charge is 2.17. The average molecular weight is 385 g/mol. The second kappa shape index (κ2) is 8.45. The molecule has 1 atom stereocenters. The number of aliphatic hydroxyl groups is 1. The smallest absolute Gasteiger partial charge is 0.262 e. The second-order valence-electron chi connectivity index (χ2n) is 6.43. The third kappa shape index (κ3) is 4.09. The van der Waals surface area contributed by atoms with E-state index in [9.17, 15) is 14.7 Å². The summed E-state index contributed by atoms with van der Waals surface area (Å²) in [6, 6.07) is 9.56. The summed E-state index contributed by atoms with van der Waals surface area (Å²) >= 11 is 1.50. The van der Waals surface area contributed by atoms with Crippen LogP contribution in [0.25, 0.3) is 21.3 Å². The molecular weight excluding hydrogens is 362 g/mol. The number of fused-ring (bicyclic) bond motifs is 1. The molecule has 0 saturated carbocycles. The largest absolute Gasteiger partial charge is 0.394 e. The molecule has 6 nitrogen and oxygen atoms in total. The number of aliphatic hydroxyl groups excluding tert-OH is 1. The van der Waals surface area contributed by atoms with Crippen LogP contribution in [-0.2, 0) is 11.3 Å². The number of nitrogens with one attached hydrogen (secondary N) is 1. The first-order chi connectivity index (χ1) is 13.0. The van der Waals surface area contributed by atoms with Crippen molar-refractivity contribution in [2.75, 3.05) is 6.61 Å². The molecule has 2 heterocycles. The highest BCUT2D eigenvalue weighted by atomic mass is 32.1. The second-order valence-corrected chi connectivity index (χ2v) is 7.63. The van der Waals surface area contributed by atoms with Gasteiger partial charge in [-0.1, -0.05) is 37.3 Å². The van der Waals surface area contributed by atoms with Gasteiger partial charge in [0, 0.05) is 23.4 Å². The van der Waals surface area contributed by atoms with Crippen molar-refractivity contribution in [2.45, 2.75) is 39.3 Å². The molecule has 27 heavy (non-hydrogen) atoms. The van der Waals surface area contributed by atoms with E-state index in [1.165, 1.54) is 22.2 Å². The van der Waals surface area contributed by atoms with E-state index < -0.39 is 0 Å².